The van der Waals surface area contributed by atoms with E-state index in [-0.39, 0.29) is 5.76 Å². The minimum absolute atomic E-state index is 0.264. The van der Waals surface area contributed by atoms with E-state index < -0.39 is 5.97 Å². The summed E-state index contributed by atoms with van der Waals surface area (Å²) in [5, 5.41) is 0. The number of hydrogen-bond acceptors (Lipinski definition) is 4. The Hall–Kier alpha value is -1.32. The zero-order chi connectivity index (χ0) is 12.1. The molecule has 0 spiro atoms. The third-order valence-corrected chi connectivity index (χ3v) is 2.12. The van der Waals surface area contributed by atoms with Crippen molar-refractivity contribution < 1.29 is 13.9 Å². The van der Waals surface area contributed by atoms with Crippen LogP contribution in [0.4, 0.5) is 0 Å². The van der Waals surface area contributed by atoms with Crippen LogP contribution in [0.3, 0.4) is 0 Å². The first-order valence-electron chi connectivity index (χ1n) is 5.74. The molecule has 0 N–H and O–H groups in total. The van der Waals surface area contributed by atoms with Gasteiger partial charge in [-0.05, 0) is 19.3 Å². The largest absolute Gasteiger partial charge is 0.460 e. The normalized spacial score (nSPS) is 10.8. The fourth-order valence-corrected chi connectivity index (χ4v) is 1.43. The Morgan fingerprint density at radius 2 is 2.12 bits per heavy atom. The molecular formula is C12H19NO3. The minimum Gasteiger partial charge on any atom is -0.460 e. The Morgan fingerprint density at radius 3 is 2.62 bits per heavy atom. The molecule has 0 aliphatic carbocycles. The van der Waals surface area contributed by atoms with Crippen molar-refractivity contribution >= 4 is 5.97 Å². The Bertz CT molecular complexity index is 355. The van der Waals surface area contributed by atoms with E-state index in [9.17, 15) is 4.79 Å². The summed E-state index contributed by atoms with van der Waals surface area (Å²) in [4.78, 5) is 15.9. The third kappa shape index (κ3) is 3.08. The molecule has 0 radical (unpaired) electrons. The predicted molar refractivity (Wildman–Crippen MR) is 60.4 cm³/mol. The van der Waals surface area contributed by atoms with Crippen molar-refractivity contribution in [3.63, 3.8) is 0 Å². The highest BCUT2D eigenvalue weighted by Gasteiger charge is 2.20. The minimum atomic E-state index is -0.415. The molecule has 0 aliphatic rings. The molecule has 90 valence electrons. The summed E-state index contributed by atoms with van der Waals surface area (Å²) >= 11 is 0. The van der Waals surface area contributed by atoms with Crippen molar-refractivity contribution in [3.8, 4) is 0 Å². The summed E-state index contributed by atoms with van der Waals surface area (Å²) in [6.07, 6.45) is 1.42. The summed E-state index contributed by atoms with van der Waals surface area (Å²) in [6, 6.07) is 0. The fourth-order valence-electron chi connectivity index (χ4n) is 1.43. The first kappa shape index (κ1) is 12.7. The van der Waals surface area contributed by atoms with Crippen molar-refractivity contribution in [1.82, 2.24) is 4.98 Å². The predicted octanol–water partition coefficient (Wildman–Crippen LogP) is 2.61. The van der Waals surface area contributed by atoms with Crippen molar-refractivity contribution in [2.45, 2.75) is 40.5 Å². The maximum atomic E-state index is 11.6. The van der Waals surface area contributed by atoms with Gasteiger partial charge in [-0.1, -0.05) is 20.8 Å². The maximum absolute atomic E-state index is 11.6. The van der Waals surface area contributed by atoms with Crippen LogP contribution in [0, 0.1) is 5.92 Å². The summed E-state index contributed by atoms with van der Waals surface area (Å²) in [6.45, 7) is 8.23. The molecule has 4 heteroatoms. The van der Waals surface area contributed by atoms with Crippen LogP contribution >= 0.6 is 0 Å². The second-order valence-corrected chi connectivity index (χ2v) is 4.06. The molecule has 4 nitrogen and oxygen atoms in total. The summed E-state index contributed by atoms with van der Waals surface area (Å²) in [5.41, 5.74) is 0.689. The second-order valence-electron chi connectivity index (χ2n) is 4.06. The van der Waals surface area contributed by atoms with Gasteiger partial charge in [0.1, 0.15) is 0 Å². The molecule has 0 saturated heterocycles. The number of carbonyl (C=O) groups excluding carboxylic acids is 1. The van der Waals surface area contributed by atoms with E-state index in [1.54, 1.807) is 6.92 Å². The van der Waals surface area contributed by atoms with E-state index in [2.05, 4.69) is 18.8 Å². The third-order valence-electron chi connectivity index (χ3n) is 2.12. The van der Waals surface area contributed by atoms with E-state index >= 15 is 0 Å². The number of hydrogen-bond donors (Lipinski definition) is 0. The molecule has 0 saturated carbocycles. The van der Waals surface area contributed by atoms with E-state index in [1.807, 2.05) is 6.92 Å². The maximum Gasteiger partial charge on any atom is 0.376 e. The Kier molecular flexibility index (Phi) is 4.52. The molecule has 0 amide bonds. The lowest BCUT2D eigenvalue weighted by atomic mass is 10.1. The molecule has 1 rings (SSSR count). The monoisotopic (exact) mass is 225 g/mol. The lowest BCUT2D eigenvalue weighted by Crippen LogP contribution is -2.05. The van der Waals surface area contributed by atoms with Crippen LogP contribution in [-0.4, -0.2) is 17.6 Å². The fraction of sp³-hybridized carbons (Fsp3) is 0.667. The van der Waals surface area contributed by atoms with E-state index in [1.165, 1.54) is 0 Å². The highest BCUT2D eigenvalue weighted by atomic mass is 16.5. The van der Waals surface area contributed by atoms with Crippen molar-refractivity contribution in [2.75, 3.05) is 6.61 Å². The molecule has 0 bridgehead atoms. The molecule has 1 aromatic heterocycles. The number of oxazole rings is 1. The van der Waals surface area contributed by atoms with Crippen molar-refractivity contribution in [3.05, 3.63) is 17.3 Å². The van der Waals surface area contributed by atoms with Gasteiger partial charge in [0.2, 0.25) is 5.76 Å². The lowest BCUT2D eigenvalue weighted by Gasteiger charge is -1.99. The average molecular weight is 225 g/mol. The molecule has 16 heavy (non-hydrogen) atoms. The standard InChI is InChI=1S/C12H19NO3/c1-5-9-11(12(14)15-6-2)16-10(13-9)7-8(3)4/h8H,5-7H2,1-4H3. The van der Waals surface area contributed by atoms with Gasteiger partial charge < -0.3 is 9.15 Å². The topological polar surface area (TPSA) is 52.3 Å². The second kappa shape index (κ2) is 5.68. The van der Waals surface area contributed by atoms with Crippen LogP contribution in [0.2, 0.25) is 0 Å². The zero-order valence-electron chi connectivity index (χ0n) is 10.4. The van der Waals surface area contributed by atoms with E-state index in [0.29, 0.717) is 30.5 Å². The first-order chi connectivity index (χ1) is 7.58. The Morgan fingerprint density at radius 1 is 1.44 bits per heavy atom. The number of rotatable bonds is 5. The first-order valence-corrected chi connectivity index (χ1v) is 5.74. The smallest absolute Gasteiger partial charge is 0.376 e. The van der Waals surface area contributed by atoms with Crippen LogP contribution in [0.1, 0.15) is 49.8 Å². The summed E-state index contributed by atoms with van der Waals surface area (Å²) in [7, 11) is 0. The molecule has 0 atom stereocenters. The summed E-state index contributed by atoms with van der Waals surface area (Å²) < 4.78 is 10.4. The number of aryl methyl sites for hydroxylation is 1. The van der Waals surface area contributed by atoms with Crippen LogP contribution < -0.4 is 0 Å². The van der Waals surface area contributed by atoms with Gasteiger partial charge in [-0.3, -0.25) is 0 Å². The van der Waals surface area contributed by atoms with E-state index in [4.69, 9.17) is 9.15 Å². The van der Waals surface area contributed by atoms with Crippen molar-refractivity contribution in [1.29, 1.82) is 0 Å². The Balaban J connectivity index is 2.90. The number of carbonyl (C=O) groups is 1. The number of ether oxygens (including phenoxy) is 1. The van der Waals surface area contributed by atoms with Gasteiger partial charge in [-0.2, -0.15) is 0 Å². The molecule has 1 aromatic rings. The van der Waals surface area contributed by atoms with Gasteiger partial charge in [0.05, 0.1) is 12.3 Å². The Labute approximate surface area is 96.0 Å². The number of nitrogens with zero attached hydrogens (tertiary/aromatic N) is 1. The van der Waals surface area contributed by atoms with Gasteiger partial charge >= 0.3 is 5.97 Å². The van der Waals surface area contributed by atoms with Gasteiger partial charge in [0, 0.05) is 6.42 Å². The highest BCUT2D eigenvalue weighted by molar-refractivity contribution is 5.87. The van der Waals surface area contributed by atoms with Gasteiger partial charge in [0.15, 0.2) is 5.89 Å². The molecule has 0 aliphatic heterocycles. The molecule has 0 aromatic carbocycles. The molecule has 0 unspecified atom stereocenters. The van der Waals surface area contributed by atoms with Crippen LogP contribution in [0.15, 0.2) is 4.42 Å². The molecular weight excluding hydrogens is 206 g/mol. The zero-order valence-corrected chi connectivity index (χ0v) is 10.4. The molecule has 0 fully saturated rings. The quantitative estimate of drug-likeness (QED) is 0.723. The lowest BCUT2D eigenvalue weighted by molar-refractivity contribution is 0.0486. The average Bonchev–Trinajstić information content (AvgIpc) is 2.60. The van der Waals surface area contributed by atoms with Crippen LogP contribution in [0.25, 0.3) is 0 Å². The number of aromatic nitrogens is 1. The molecule has 1 heterocycles. The van der Waals surface area contributed by atoms with Crippen LogP contribution in [0.5, 0.6) is 0 Å². The SMILES string of the molecule is CCOC(=O)c1oc(CC(C)C)nc1CC. The van der Waals surface area contributed by atoms with Crippen LogP contribution in [-0.2, 0) is 17.6 Å². The van der Waals surface area contributed by atoms with Gasteiger partial charge in [-0.15, -0.1) is 0 Å². The highest BCUT2D eigenvalue weighted by Crippen LogP contribution is 2.16. The number of esters is 1. The van der Waals surface area contributed by atoms with Crippen molar-refractivity contribution in [2.24, 2.45) is 5.92 Å². The van der Waals surface area contributed by atoms with Gasteiger partial charge in [0.25, 0.3) is 0 Å². The van der Waals surface area contributed by atoms with E-state index in [0.717, 1.165) is 6.42 Å². The summed E-state index contributed by atoms with van der Waals surface area (Å²) in [5.74, 6) is 0.926. The van der Waals surface area contributed by atoms with Gasteiger partial charge in [-0.25, -0.2) is 9.78 Å².